The van der Waals surface area contributed by atoms with Gasteiger partial charge in [0.15, 0.2) is 0 Å². The molecule has 2 N–H and O–H groups in total. The van der Waals surface area contributed by atoms with Crippen molar-refractivity contribution < 1.29 is 14.3 Å². The van der Waals surface area contributed by atoms with E-state index in [4.69, 9.17) is 0 Å². The Kier molecular flexibility index (Phi) is 4.29. The number of anilines is 1. The number of aliphatic hydroxyl groups excluding tert-OH is 1. The van der Waals surface area contributed by atoms with E-state index in [0.717, 1.165) is 6.42 Å². The number of carbonyl (C=O) groups excluding carboxylic acids is 1. The first kappa shape index (κ1) is 15.5. The number of hydrogen-bond donors (Lipinski definition) is 2. The molecule has 0 saturated carbocycles. The lowest BCUT2D eigenvalue weighted by Gasteiger charge is -2.34. The zero-order chi connectivity index (χ0) is 16.4. The van der Waals surface area contributed by atoms with Crippen LogP contribution >= 0.6 is 0 Å². The first-order valence-corrected chi connectivity index (χ1v) is 7.58. The van der Waals surface area contributed by atoms with Gasteiger partial charge in [0, 0.05) is 13.1 Å². The number of benzene rings is 1. The Hall–Kier alpha value is -2.41. The molecule has 6 nitrogen and oxygen atoms in total. The van der Waals surface area contributed by atoms with Crippen LogP contribution in [0.1, 0.15) is 13.3 Å². The van der Waals surface area contributed by atoms with E-state index >= 15 is 0 Å². The molecule has 0 radical (unpaired) electrons. The lowest BCUT2D eigenvalue weighted by Crippen LogP contribution is -2.47. The third kappa shape index (κ3) is 3.34. The van der Waals surface area contributed by atoms with E-state index in [1.807, 2.05) is 6.92 Å². The maximum atomic E-state index is 13.7. The third-order valence-corrected chi connectivity index (χ3v) is 4.14. The van der Waals surface area contributed by atoms with Crippen molar-refractivity contribution in [2.24, 2.45) is 5.92 Å². The molecular formula is C16H19FN4O2. The number of amides is 2. The van der Waals surface area contributed by atoms with E-state index < -0.39 is 6.10 Å². The van der Waals surface area contributed by atoms with Gasteiger partial charge in [-0.1, -0.05) is 19.1 Å². The molecule has 0 aliphatic carbocycles. The number of aliphatic hydroxyl groups is 1. The van der Waals surface area contributed by atoms with Crippen LogP contribution in [0.2, 0.25) is 0 Å². The van der Waals surface area contributed by atoms with Crippen molar-refractivity contribution in [3.05, 3.63) is 42.5 Å². The van der Waals surface area contributed by atoms with Crippen molar-refractivity contribution in [1.29, 1.82) is 0 Å². The SMILES string of the molecule is CC1CCN(C(=O)Nc2cnn(-c3ccccc3F)c2)CC1O. The quantitative estimate of drug-likeness (QED) is 0.892. The van der Waals surface area contributed by atoms with Gasteiger partial charge in [0.2, 0.25) is 0 Å². The van der Waals surface area contributed by atoms with Crippen molar-refractivity contribution in [3.63, 3.8) is 0 Å². The maximum absolute atomic E-state index is 13.7. The Labute approximate surface area is 133 Å². The van der Waals surface area contributed by atoms with Crippen LogP contribution in [0.15, 0.2) is 36.7 Å². The fraction of sp³-hybridized carbons (Fsp3) is 0.375. The minimum atomic E-state index is -0.504. The summed E-state index contributed by atoms with van der Waals surface area (Å²) < 4.78 is 15.1. The molecule has 2 aromatic rings. The van der Waals surface area contributed by atoms with Crippen LogP contribution in [-0.2, 0) is 0 Å². The molecular weight excluding hydrogens is 299 g/mol. The Morgan fingerprint density at radius 1 is 1.43 bits per heavy atom. The molecule has 1 saturated heterocycles. The second-order valence-corrected chi connectivity index (χ2v) is 5.83. The van der Waals surface area contributed by atoms with Gasteiger partial charge in [-0.3, -0.25) is 0 Å². The molecule has 122 valence electrons. The van der Waals surface area contributed by atoms with Gasteiger partial charge >= 0.3 is 6.03 Å². The molecule has 1 aromatic carbocycles. The van der Waals surface area contributed by atoms with E-state index in [1.54, 1.807) is 29.3 Å². The molecule has 7 heteroatoms. The number of nitrogens with zero attached hydrogens (tertiary/aromatic N) is 3. The molecule has 0 bridgehead atoms. The number of aromatic nitrogens is 2. The highest BCUT2D eigenvalue weighted by Gasteiger charge is 2.27. The Morgan fingerprint density at radius 3 is 2.96 bits per heavy atom. The summed E-state index contributed by atoms with van der Waals surface area (Å²) in [5.41, 5.74) is 0.793. The van der Waals surface area contributed by atoms with Gasteiger partial charge < -0.3 is 15.3 Å². The van der Waals surface area contributed by atoms with E-state index in [2.05, 4.69) is 10.4 Å². The molecule has 2 heterocycles. The fourth-order valence-corrected chi connectivity index (χ4v) is 2.59. The standard InChI is InChI=1S/C16H19FN4O2/c1-11-6-7-20(10-15(11)22)16(23)19-12-8-18-21(9-12)14-5-3-2-4-13(14)17/h2-5,8-9,11,15,22H,6-7,10H2,1H3,(H,19,23). The van der Waals surface area contributed by atoms with Crippen molar-refractivity contribution in [2.75, 3.05) is 18.4 Å². The maximum Gasteiger partial charge on any atom is 0.322 e. The lowest BCUT2D eigenvalue weighted by atomic mass is 9.96. The smallest absolute Gasteiger partial charge is 0.322 e. The summed E-state index contributed by atoms with van der Waals surface area (Å²) in [7, 11) is 0. The van der Waals surface area contributed by atoms with E-state index in [-0.39, 0.29) is 17.8 Å². The third-order valence-electron chi connectivity index (χ3n) is 4.14. The number of halogens is 1. The number of likely N-dealkylation sites (tertiary alicyclic amines) is 1. The molecule has 1 fully saturated rings. The monoisotopic (exact) mass is 318 g/mol. The van der Waals surface area contributed by atoms with Gasteiger partial charge in [0.1, 0.15) is 11.5 Å². The average Bonchev–Trinajstić information content (AvgIpc) is 2.98. The Bertz CT molecular complexity index is 703. The van der Waals surface area contributed by atoms with Crippen LogP contribution < -0.4 is 5.32 Å². The van der Waals surface area contributed by atoms with Gasteiger partial charge in [0.25, 0.3) is 0 Å². The molecule has 2 amide bonds. The summed E-state index contributed by atoms with van der Waals surface area (Å²) in [5, 5.41) is 16.7. The molecule has 23 heavy (non-hydrogen) atoms. The predicted octanol–water partition coefficient (Wildman–Crippen LogP) is 2.25. The Balaban J connectivity index is 1.67. The van der Waals surface area contributed by atoms with Crippen LogP contribution in [0.3, 0.4) is 0 Å². The second kappa shape index (κ2) is 6.37. The number of para-hydroxylation sites is 1. The summed E-state index contributed by atoms with van der Waals surface area (Å²) in [6, 6.07) is 5.99. The lowest BCUT2D eigenvalue weighted by molar-refractivity contribution is 0.0464. The molecule has 2 atom stereocenters. The predicted molar refractivity (Wildman–Crippen MR) is 83.9 cm³/mol. The fourth-order valence-electron chi connectivity index (χ4n) is 2.59. The van der Waals surface area contributed by atoms with Gasteiger partial charge in [-0.25, -0.2) is 13.9 Å². The molecule has 2 unspecified atom stereocenters. The number of piperidine rings is 1. The number of hydrogen-bond acceptors (Lipinski definition) is 3. The van der Waals surface area contributed by atoms with Crippen LogP contribution in [0.25, 0.3) is 5.69 Å². The summed E-state index contributed by atoms with van der Waals surface area (Å²) in [5.74, 6) is -0.190. The van der Waals surface area contributed by atoms with Gasteiger partial charge in [-0.2, -0.15) is 5.10 Å². The van der Waals surface area contributed by atoms with E-state index in [9.17, 15) is 14.3 Å². The van der Waals surface area contributed by atoms with Crippen LogP contribution in [0.4, 0.5) is 14.9 Å². The molecule has 1 aliphatic rings. The molecule has 1 aromatic heterocycles. The van der Waals surface area contributed by atoms with Crippen molar-refractivity contribution in [2.45, 2.75) is 19.4 Å². The summed E-state index contributed by atoms with van der Waals surface area (Å²) in [6.45, 7) is 2.89. The summed E-state index contributed by atoms with van der Waals surface area (Å²) in [6.07, 6.45) is 3.28. The van der Waals surface area contributed by atoms with Crippen molar-refractivity contribution >= 4 is 11.7 Å². The molecule has 1 aliphatic heterocycles. The molecule has 3 rings (SSSR count). The number of rotatable bonds is 2. The van der Waals surface area contributed by atoms with Crippen molar-refractivity contribution in [3.8, 4) is 5.69 Å². The second-order valence-electron chi connectivity index (χ2n) is 5.83. The largest absolute Gasteiger partial charge is 0.391 e. The summed E-state index contributed by atoms with van der Waals surface area (Å²) in [4.78, 5) is 13.8. The minimum Gasteiger partial charge on any atom is -0.391 e. The first-order chi connectivity index (χ1) is 11.0. The van der Waals surface area contributed by atoms with Gasteiger partial charge in [-0.05, 0) is 24.5 Å². The number of urea groups is 1. The highest BCUT2D eigenvalue weighted by molar-refractivity contribution is 5.89. The van der Waals surface area contributed by atoms with E-state index in [1.165, 1.54) is 16.9 Å². The van der Waals surface area contributed by atoms with Crippen LogP contribution in [0.5, 0.6) is 0 Å². The van der Waals surface area contributed by atoms with Crippen LogP contribution in [-0.4, -0.2) is 45.0 Å². The molecule has 0 spiro atoms. The van der Waals surface area contributed by atoms with E-state index in [0.29, 0.717) is 24.5 Å². The number of carbonyl (C=O) groups is 1. The summed E-state index contributed by atoms with van der Waals surface area (Å²) >= 11 is 0. The normalized spacial score (nSPS) is 21.3. The highest BCUT2D eigenvalue weighted by Crippen LogP contribution is 2.19. The average molecular weight is 318 g/mol. The zero-order valence-corrected chi connectivity index (χ0v) is 12.8. The number of nitrogens with one attached hydrogen (secondary N) is 1. The Morgan fingerprint density at radius 2 is 2.22 bits per heavy atom. The van der Waals surface area contributed by atoms with Gasteiger partial charge in [-0.15, -0.1) is 0 Å². The minimum absolute atomic E-state index is 0.197. The topological polar surface area (TPSA) is 70.4 Å². The van der Waals surface area contributed by atoms with Crippen LogP contribution in [0, 0.1) is 11.7 Å². The zero-order valence-electron chi connectivity index (χ0n) is 12.8. The van der Waals surface area contributed by atoms with Crippen molar-refractivity contribution in [1.82, 2.24) is 14.7 Å². The first-order valence-electron chi connectivity index (χ1n) is 7.58. The highest BCUT2D eigenvalue weighted by atomic mass is 19.1. The number of β-amino-alcohol motifs (C(OH)–C–C–N with tert-alkyl or cyclic N) is 1. The van der Waals surface area contributed by atoms with Gasteiger partial charge in [0.05, 0.1) is 24.2 Å².